The van der Waals surface area contributed by atoms with Crippen LogP contribution in [0.5, 0.6) is 5.75 Å². The van der Waals surface area contributed by atoms with Crippen molar-refractivity contribution in [1.82, 2.24) is 10.3 Å². The molecule has 1 aromatic carbocycles. The number of hydrogen-bond acceptors (Lipinski definition) is 6. The Kier molecular flexibility index (Phi) is 5.93. The number of thiazole rings is 1. The van der Waals surface area contributed by atoms with Crippen LogP contribution in [0, 0.1) is 25.2 Å². The van der Waals surface area contributed by atoms with E-state index in [1.807, 2.05) is 44.2 Å². The first-order valence-electron chi connectivity index (χ1n) is 7.25. The van der Waals surface area contributed by atoms with Crippen molar-refractivity contribution in [2.45, 2.75) is 20.4 Å². The Bertz CT molecular complexity index is 768. The van der Waals surface area contributed by atoms with Crippen LogP contribution in [0.2, 0.25) is 0 Å². The number of nitrogens with one attached hydrogen (secondary N) is 2. The molecule has 0 unspecified atom stereocenters. The zero-order valence-corrected chi connectivity index (χ0v) is 14.5. The molecule has 1 heterocycles. The van der Waals surface area contributed by atoms with Gasteiger partial charge in [-0.1, -0.05) is 12.1 Å². The average Bonchev–Trinajstić information content (AvgIpc) is 2.92. The summed E-state index contributed by atoms with van der Waals surface area (Å²) in [6.45, 7) is 4.21. The maximum Gasteiger partial charge on any atom is 0.263 e. The topological polar surface area (TPSA) is 87.0 Å². The lowest BCUT2D eigenvalue weighted by molar-refractivity contribution is -0.117. The van der Waals surface area contributed by atoms with Crippen molar-refractivity contribution in [1.29, 1.82) is 5.26 Å². The maximum atomic E-state index is 12.1. The predicted molar refractivity (Wildman–Crippen MR) is 93.7 cm³/mol. The van der Waals surface area contributed by atoms with E-state index in [1.165, 1.54) is 17.5 Å². The maximum absolute atomic E-state index is 12.1. The molecule has 0 atom stereocenters. The molecule has 1 amide bonds. The van der Waals surface area contributed by atoms with E-state index in [2.05, 4.69) is 15.6 Å². The molecule has 1 aromatic heterocycles. The molecule has 24 heavy (non-hydrogen) atoms. The summed E-state index contributed by atoms with van der Waals surface area (Å²) in [5.74, 6) is 0.312. The lowest BCUT2D eigenvalue weighted by atomic mass is 10.2. The SMILES string of the molecule is COc1ccc(CNC(=O)/C(C#N)=C\Nc2nc(C)c(C)s2)cc1. The first kappa shape index (κ1) is 17.5. The Labute approximate surface area is 144 Å². The standard InChI is InChI=1S/C17H18N4O2S/c1-11-12(2)24-17(21-11)20-10-14(8-18)16(22)19-9-13-4-6-15(23-3)7-5-13/h4-7,10H,9H2,1-3H3,(H,19,22)(H,20,21)/b14-10-. The predicted octanol–water partition coefficient (Wildman–Crippen LogP) is 2.90. The zero-order chi connectivity index (χ0) is 17.5. The van der Waals surface area contributed by atoms with Gasteiger partial charge in [-0.3, -0.25) is 4.79 Å². The van der Waals surface area contributed by atoms with Gasteiger partial charge in [-0.05, 0) is 31.5 Å². The van der Waals surface area contributed by atoms with Gasteiger partial charge >= 0.3 is 0 Å². The van der Waals surface area contributed by atoms with Gasteiger partial charge in [-0.15, -0.1) is 11.3 Å². The molecule has 0 spiro atoms. The second-order valence-electron chi connectivity index (χ2n) is 5.01. The fraction of sp³-hybridized carbons (Fsp3) is 0.235. The number of aromatic nitrogens is 1. The quantitative estimate of drug-likeness (QED) is 0.622. The van der Waals surface area contributed by atoms with Crippen LogP contribution in [-0.4, -0.2) is 18.0 Å². The van der Waals surface area contributed by atoms with Gasteiger partial charge in [-0.2, -0.15) is 5.26 Å². The average molecular weight is 342 g/mol. The Balaban J connectivity index is 1.95. The Hall–Kier alpha value is -2.85. The fourth-order valence-electron chi connectivity index (χ4n) is 1.84. The van der Waals surface area contributed by atoms with Crippen LogP contribution in [0.15, 0.2) is 36.0 Å². The number of amides is 1. The van der Waals surface area contributed by atoms with Crippen molar-refractivity contribution < 1.29 is 9.53 Å². The second-order valence-corrected chi connectivity index (χ2v) is 6.21. The summed E-state index contributed by atoms with van der Waals surface area (Å²) in [6, 6.07) is 9.24. The molecule has 0 saturated carbocycles. The van der Waals surface area contributed by atoms with E-state index in [-0.39, 0.29) is 5.57 Å². The van der Waals surface area contributed by atoms with Crippen molar-refractivity contribution in [3.05, 3.63) is 52.2 Å². The number of nitrogens with zero attached hydrogens (tertiary/aromatic N) is 2. The third-order valence-electron chi connectivity index (χ3n) is 3.35. The van der Waals surface area contributed by atoms with Gasteiger partial charge in [0.05, 0.1) is 12.8 Å². The number of anilines is 1. The van der Waals surface area contributed by atoms with Gasteiger partial charge < -0.3 is 15.4 Å². The van der Waals surface area contributed by atoms with E-state index in [9.17, 15) is 4.79 Å². The number of nitriles is 1. The Morgan fingerprint density at radius 1 is 1.38 bits per heavy atom. The van der Waals surface area contributed by atoms with Gasteiger partial charge in [-0.25, -0.2) is 4.98 Å². The van der Waals surface area contributed by atoms with E-state index < -0.39 is 5.91 Å². The first-order valence-corrected chi connectivity index (χ1v) is 8.07. The molecule has 0 aliphatic heterocycles. The molecule has 2 rings (SSSR count). The smallest absolute Gasteiger partial charge is 0.263 e. The molecule has 0 aliphatic rings. The van der Waals surface area contributed by atoms with Crippen molar-refractivity contribution in [2.75, 3.05) is 12.4 Å². The monoisotopic (exact) mass is 342 g/mol. The lowest BCUT2D eigenvalue weighted by Gasteiger charge is -2.06. The molecule has 6 nitrogen and oxygen atoms in total. The minimum atomic E-state index is -0.439. The molecule has 0 saturated heterocycles. The highest BCUT2D eigenvalue weighted by Crippen LogP contribution is 2.21. The number of aryl methyl sites for hydroxylation is 2. The first-order chi connectivity index (χ1) is 11.5. The van der Waals surface area contributed by atoms with Gasteiger partial charge in [0.1, 0.15) is 17.4 Å². The van der Waals surface area contributed by atoms with Gasteiger partial charge in [0.25, 0.3) is 5.91 Å². The van der Waals surface area contributed by atoms with Crippen molar-refractivity contribution >= 4 is 22.4 Å². The van der Waals surface area contributed by atoms with E-state index in [4.69, 9.17) is 10.00 Å². The van der Waals surface area contributed by atoms with Crippen molar-refractivity contribution in [3.63, 3.8) is 0 Å². The highest BCUT2D eigenvalue weighted by Gasteiger charge is 2.09. The third kappa shape index (κ3) is 4.57. The van der Waals surface area contributed by atoms with E-state index >= 15 is 0 Å². The lowest BCUT2D eigenvalue weighted by Crippen LogP contribution is -2.24. The van der Waals surface area contributed by atoms with Crippen LogP contribution in [0.1, 0.15) is 16.1 Å². The molecule has 2 aromatic rings. The Morgan fingerprint density at radius 3 is 2.62 bits per heavy atom. The fourth-order valence-corrected chi connectivity index (χ4v) is 2.62. The van der Waals surface area contributed by atoms with Crippen LogP contribution in [-0.2, 0) is 11.3 Å². The molecule has 7 heteroatoms. The van der Waals surface area contributed by atoms with Gasteiger partial charge in [0.15, 0.2) is 5.13 Å². The molecule has 0 radical (unpaired) electrons. The molecular formula is C17H18N4O2S. The number of rotatable bonds is 6. The van der Waals surface area contributed by atoms with Crippen LogP contribution in [0.4, 0.5) is 5.13 Å². The second kappa shape index (κ2) is 8.13. The molecule has 0 fully saturated rings. The minimum absolute atomic E-state index is 0.00554. The van der Waals surface area contributed by atoms with Crippen LogP contribution < -0.4 is 15.4 Å². The summed E-state index contributed by atoms with van der Waals surface area (Å²) in [4.78, 5) is 17.5. The highest BCUT2D eigenvalue weighted by atomic mass is 32.1. The summed E-state index contributed by atoms with van der Waals surface area (Å²) in [7, 11) is 1.60. The number of carbonyl (C=O) groups excluding carboxylic acids is 1. The van der Waals surface area contributed by atoms with Crippen molar-refractivity contribution in [3.8, 4) is 11.8 Å². The zero-order valence-electron chi connectivity index (χ0n) is 13.7. The summed E-state index contributed by atoms with van der Waals surface area (Å²) in [6.07, 6.45) is 1.38. The normalized spacial score (nSPS) is 10.8. The summed E-state index contributed by atoms with van der Waals surface area (Å²) < 4.78 is 5.08. The summed E-state index contributed by atoms with van der Waals surface area (Å²) in [5.41, 5.74) is 1.84. The van der Waals surface area contributed by atoms with Crippen LogP contribution >= 0.6 is 11.3 Å². The number of methoxy groups -OCH3 is 1. The molecule has 124 valence electrons. The summed E-state index contributed by atoms with van der Waals surface area (Å²) in [5, 5.41) is 15.4. The number of benzene rings is 1. The largest absolute Gasteiger partial charge is 0.497 e. The van der Waals surface area contributed by atoms with E-state index in [1.54, 1.807) is 7.11 Å². The molecule has 0 aliphatic carbocycles. The molecule has 2 N–H and O–H groups in total. The van der Waals surface area contributed by atoms with Crippen molar-refractivity contribution in [2.24, 2.45) is 0 Å². The van der Waals surface area contributed by atoms with Crippen LogP contribution in [0.3, 0.4) is 0 Å². The number of hydrogen-bond donors (Lipinski definition) is 2. The number of ether oxygens (including phenoxy) is 1. The van der Waals surface area contributed by atoms with Crippen LogP contribution in [0.25, 0.3) is 0 Å². The Morgan fingerprint density at radius 2 is 2.08 bits per heavy atom. The van der Waals surface area contributed by atoms with Gasteiger partial charge in [0.2, 0.25) is 0 Å². The summed E-state index contributed by atoms with van der Waals surface area (Å²) >= 11 is 1.47. The molecule has 0 bridgehead atoms. The minimum Gasteiger partial charge on any atom is -0.497 e. The van der Waals surface area contributed by atoms with E-state index in [0.29, 0.717) is 11.7 Å². The van der Waals surface area contributed by atoms with E-state index in [0.717, 1.165) is 21.9 Å². The highest BCUT2D eigenvalue weighted by molar-refractivity contribution is 7.15. The van der Waals surface area contributed by atoms with Gasteiger partial charge in [0, 0.05) is 17.6 Å². The number of carbonyl (C=O) groups is 1. The molecular weight excluding hydrogens is 324 g/mol. The third-order valence-corrected chi connectivity index (χ3v) is 4.35.